The molecule has 0 aliphatic carbocycles. The molecule has 110 valence electrons. The number of para-hydroxylation sites is 1. The fourth-order valence-corrected chi connectivity index (χ4v) is 3.27. The standard InChI is InChI=1S/C15H17N3O2S/c1-20-13-5-3-2-4-11(13)14-17-12(9-21-14)15(19)18-7-6-10(16)8-18/h2-5,9-10H,6-8,16H2,1H3/t10-/m0/s1. The van der Waals surface area contributed by atoms with Gasteiger partial charge in [0.2, 0.25) is 0 Å². The van der Waals surface area contributed by atoms with Gasteiger partial charge in [0.25, 0.3) is 5.91 Å². The maximum Gasteiger partial charge on any atom is 0.273 e. The zero-order valence-corrected chi connectivity index (χ0v) is 12.6. The van der Waals surface area contributed by atoms with Gasteiger partial charge in [0, 0.05) is 24.5 Å². The van der Waals surface area contributed by atoms with Gasteiger partial charge in [-0.2, -0.15) is 0 Å². The van der Waals surface area contributed by atoms with E-state index < -0.39 is 0 Å². The molecule has 1 amide bonds. The predicted octanol–water partition coefficient (Wildman–Crippen LogP) is 1.99. The number of carbonyl (C=O) groups is 1. The molecule has 1 aliphatic heterocycles. The summed E-state index contributed by atoms with van der Waals surface area (Å²) in [6.07, 6.45) is 0.856. The molecule has 21 heavy (non-hydrogen) atoms. The van der Waals surface area contributed by atoms with Crippen LogP contribution in [0.2, 0.25) is 0 Å². The van der Waals surface area contributed by atoms with Gasteiger partial charge in [-0.25, -0.2) is 4.98 Å². The van der Waals surface area contributed by atoms with E-state index in [9.17, 15) is 4.79 Å². The molecule has 0 unspecified atom stereocenters. The minimum Gasteiger partial charge on any atom is -0.496 e. The molecule has 3 rings (SSSR count). The maximum absolute atomic E-state index is 12.4. The molecule has 1 atom stereocenters. The van der Waals surface area contributed by atoms with Crippen molar-refractivity contribution in [1.82, 2.24) is 9.88 Å². The van der Waals surface area contributed by atoms with Crippen LogP contribution in [0.3, 0.4) is 0 Å². The second kappa shape index (κ2) is 5.83. The van der Waals surface area contributed by atoms with Crippen LogP contribution in [0.25, 0.3) is 10.6 Å². The summed E-state index contributed by atoms with van der Waals surface area (Å²) in [6.45, 7) is 1.32. The molecular weight excluding hydrogens is 286 g/mol. The molecule has 1 aromatic carbocycles. The average Bonchev–Trinajstić information content (AvgIpc) is 3.15. The Morgan fingerprint density at radius 2 is 2.29 bits per heavy atom. The van der Waals surface area contributed by atoms with Crippen LogP contribution in [0.1, 0.15) is 16.9 Å². The number of carbonyl (C=O) groups excluding carboxylic acids is 1. The van der Waals surface area contributed by atoms with Gasteiger partial charge >= 0.3 is 0 Å². The first-order valence-electron chi connectivity index (χ1n) is 6.83. The predicted molar refractivity (Wildman–Crippen MR) is 82.6 cm³/mol. The molecule has 1 aliphatic rings. The van der Waals surface area contributed by atoms with E-state index in [0.717, 1.165) is 22.7 Å². The van der Waals surface area contributed by atoms with Gasteiger partial charge in [0.15, 0.2) is 0 Å². The fraction of sp³-hybridized carbons (Fsp3) is 0.333. The van der Waals surface area contributed by atoms with Crippen molar-refractivity contribution in [2.75, 3.05) is 20.2 Å². The lowest BCUT2D eigenvalue weighted by Gasteiger charge is -2.13. The summed E-state index contributed by atoms with van der Waals surface area (Å²) >= 11 is 1.45. The van der Waals surface area contributed by atoms with Crippen molar-refractivity contribution in [3.8, 4) is 16.3 Å². The number of nitrogens with zero attached hydrogens (tertiary/aromatic N) is 2. The van der Waals surface area contributed by atoms with Crippen LogP contribution in [-0.4, -0.2) is 42.0 Å². The van der Waals surface area contributed by atoms with Crippen molar-refractivity contribution in [2.45, 2.75) is 12.5 Å². The summed E-state index contributed by atoms with van der Waals surface area (Å²) in [5.74, 6) is 0.717. The van der Waals surface area contributed by atoms with Gasteiger partial charge in [-0.1, -0.05) is 12.1 Å². The van der Waals surface area contributed by atoms with E-state index in [1.165, 1.54) is 11.3 Å². The van der Waals surface area contributed by atoms with Crippen molar-refractivity contribution >= 4 is 17.2 Å². The lowest BCUT2D eigenvalue weighted by atomic mass is 10.2. The summed E-state index contributed by atoms with van der Waals surface area (Å²) < 4.78 is 5.34. The minimum absolute atomic E-state index is 0.0413. The summed E-state index contributed by atoms with van der Waals surface area (Å²) in [4.78, 5) is 18.6. The van der Waals surface area contributed by atoms with Gasteiger partial charge in [-0.05, 0) is 18.6 Å². The average molecular weight is 303 g/mol. The van der Waals surface area contributed by atoms with Crippen molar-refractivity contribution in [2.24, 2.45) is 5.73 Å². The molecule has 2 N–H and O–H groups in total. The molecular formula is C15H17N3O2S. The van der Waals surface area contributed by atoms with Crippen LogP contribution in [0, 0.1) is 0 Å². The highest BCUT2D eigenvalue weighted by Gasteiger charge is 2.26. The minimum atomic E-state index is -0.0413. The Labute approximate surface area is 127 Å². The molecule has 1 fully saturated rings. The first-order valence-corrected chi connectivity index (χ1v) is 7.71. The Morgan fingerprint density at radius 3 is 3.00 bits per heavy atom. The number of amides is 1. The number of benzene rings is 1. The van der Waals surface area contributed by atoms with E-state index in [0.29, 0.717) is 18.8 Å². The number of thiazole rings is 1. The van der Waals surface area contributed by atoms with Crippen molar-refractivity contribution in [3.63, 3.8) is 0 Å². The van der Waals surface area contributed by atoms with Gasteiger partial charge in [0.1, 0.15) is 16.5 Å². The molecule has 1 saturated heterocycles. The lowest BCUT2D eigenvalue weighted by Crippen LogP contribution is -2.32. The molecule has 2 aromatic rings. The van der Waals surface area contributed by atoms with E-state index in [2.05, 4.69) is 4.98 Å². The summed E-state index contributed by atoms with van der Waals surface area (Å²) in [6, 6.07) is 7.75. The van der Waals surface area contributed by atoms with E-state index >= 15 is 0 Å². The van der Waals surface area contributed by atoms with Crippen LogP contribution in [-0.2, 0) is 0 Å². The first kappa shape index (κ1) is 14.0. The summed E-state index contributed by atoms with van der Waals surface area (Å²) in [7, 11) is 1.63. The third-order valence-corrected chi connectivity index (χ3v) is 4.45. The Balaban J connectivity index is 1.85. The SMILES string of the molecule is COc1ccccc1-c1nc(C(=O)N2CC[C@H](N)C2)cs1. The van der Waals surface area contributed by atoms with Gasteiger partial charge in [-0.3, -0.25) is 4.79 Å². The second-order valence-electron chi connectivity index (χ2n) is 5.04. The number of likely N-dealkylation sites (tertiary alicyclic amines) is 1. The van der Waals surface area contributed by atoms with E-state index in [4.69, 9.17) is 10.5 Å². The number of nitrogens with two attached hydrogens (primary N) is 1. The van der Waals surface area contributed by atoms with E-state index in [1.54, 1.807) is 17.4 Å². The van der Waals surface area contributed by atoms with Crippen molar-refractivity contribution in [1.29, 1.82) is 0 Å². The largest absolute Gasteiger partial charge is 0.496 e. The molecule has 0 spiro atoms. The zero-order valence-electron chi connectivity index (χ0n) is 11.8. The van der Waals surface area contributed by atoms with Crippen LogP contribution in [0.15, 0.2) is 29.6 Å². The Kier molecular flexibility index (Phi) is 3.90. The number of ether oxygens (including phenoxy) is 1. The van der Waals surface area contributed by atoms with E-state index in [1.807, 2.05) is 24.3 Å². The van der Waals surface area contributed by atoms with Gasteiger partial charge in [0.05, 0.1) is 12.7 Å². The van der Waals surface area contributed by atoms with Crippen molar-refractivity contribution in [3.05, 3.63) is 35.3 Å². The molecule has 5 nitrogen and oxygen atoms in total. The number of aromatic nitrogens is 1. The van der Waals surface area contributed by atoms with Crippen LogP contribution < -0.4 is 10.5 Å². The zero-order chi connectivity index (χ0) is 14.8. The fourth-order valence-electron chi connectivity index (χ4n) is 2.45. The molecule has 0 saturated carbocycles. The Hall–Kier alpha value is -1.92. The monoisotopic (exact) mass is 303 g/mol. The highest BCUT2D eigenvalue weighted by atomic mass is 32.1. The molecule has 6 heteroatoms. The molecule has 2 heterocycles. The molecule has 0 bridgehead atoms. The lowest BCUT2D eigenvalue weighted by molar-refractivity contribution is 0.0786. The first-order chi connectivity index (χ1) is 10.2. The third kappa shape index (κ3) is 2.77. The number of rotatable bonds is 3. The second-order valence-corrected chi connectivity index (χ2v) is 5.90. The molecule has 0 radical (unpaired) electrons. The quantitative estimate of drug-likeness (QED) is 0.941. The normalized spacial score (nSPS) is 18.0. The van der Waals surface area contributed by atoms with E-state index in [-0.39, 0.29) is 11.9 Å². The highest BCUT2D eigenvalue weighted by molar-refractivity contribution is 7.13. The van der Waals surface area contributed by atoms with Gasteiger partial charge < -0.3 is 15.4 Å². The number of hydrogen-bond donors (Lipinski definition) is 1. The third-order valence-electron chi connectivity index (χ3n) is 3.57. The van der Waals surface area contributed by atoms with Crippen molar-refractivity contribution < 1.29 is 9.53 Å². The topological polar surface area (TPSA) is 68.5 Å². The number of methoxy groups -OCH3 is 1. The van der Waals surface area contributed by atoms with Gasteiger partial charge in [-0.15, -0.1) is 11.3 Å². The Bertz CT molecular complexity index is 656. The van der Waals surface area contributed by atoms with Crippen LogP contribution >= 0.6 is 11.3 Å². The summed E-state index contributed by atoms with van der Waals surface area (Å²) in [5.41, 5.74) is 7.23. The number of hydrogen-bond acceptors (Lipinski definition) is 5. The van der Waals surface area contributed by atoms with Crippen LogP contribution in [0.5, 0.6) is 5.75 Å². The summed E-state index contributed by atoms with van der Waals surface area (Å²) in [5, 5.41) is 2.59. The highest BCUT2D eigenvalue weighted by Crippen LogP contribution is 2.32. The molecule has 1 aromatic heterocycles. The smallest absolute Gasteiger partial charge is 0.273 e. The van der Waals surface area contributed by atoms with Crippen LogP contribution in [0.4, 0.5) is 0 Å². The Morgan fingerprint density at radius 1 is 1.48 bits per heavy atom. The maximum atomic E-state index is 12.4.